The number of hydrogen-bond acceptors (Lipinski definition) is 2. The molecular weight excluding hydrogens is 359 g/mol. The maximum absolute atomic E-state index is 6.36. The molecule has 0 saturated carbocycles. The molecule has 0 atom stereocenters. The van der Waals surface area contributed by atoms with Crippen molar-refractivity contribution in [3.05, 3.63) is 57.0 Å². The molecule has 1 aromatic carbocycles. The molecule has 0 spiro atoms. The van der Waals surface area contributed by atoms with E-state index in [0.717, 1.165) is 39.5 Å². The van der Waals surface area contributed by atoms with E-state index in [4.69, 9.17) is 23.2 Å². The lowest BCUT2D eigenvalue weighted by atomic mass is 10.2. The molecule has 3 rings (SSSR count). The van der Waals surface area contributed by atoms with Gasteiger partial charge in [-0.15, -0.1) is 11.3 Å². The summed E-state index contributed by atoms with van der Waals surface area (Å²) in [5.41, 5.74) is 2.94. The minimum atomic E-state index is 0.575. The molecule has 5 heteroatoms. The van der Waals surface area contributed by atoms with Gasteiger partial charge in [0.2, 0.25) is 0 Å². The third-order valence-corrected chi connectivity index (χ3v) is 5.06. The number of unbranched alkanes of at least 4 members (excludes halogenated alkanes) is 1. The highest BCUT2D eigenvalue weighted by atomic mass is 35.5. The number of aryl methyl sites for hydroxylation is 1. The molecule has 0 bridgehead atoms. The summed E-state index contributed by atoms with van der Waals surface area (Å²) in [7, 11) is 0. The largest absolute Gasteiger partial charge is 0.230 e. The fourth-order valence-corrected chi connectivity index (χ4v) is 3.84. The molecule has 0 aliphatic carbocycles. The lowest BCUT2D eigenvalue weighted by Crippen LogP contribution is -1.99. The maximum Gasteiger partial charge on any atom is 0.0870 e. The number of halogens is 2. The van der Waals surface area contributed by atoms with E-state index in [1.165, 1.54) is 0 Å². The number of rotatable bonds is 3. The Balaban J connectivity index is 2.04. The molecule has 2 nitrogen and oxygen atoms in total. The van der Waals surface area contributed by atoms with Crippen LogP contribution in [0.4, 0.5) is 0 Å². The molecule has 2 aromatic heterocycles. The molecular formula is C19H16Cl2N2S. The van der Waals surface area contributed by atoms with E-state index in [9.17, 15) is 0 Å². The topological polar surface area (TPSA) is 17.8 Å². The van der Waals surface area contributed by atoms with E-state index in [0.29, 0.717) is 10.0 Å². The van der Waals surface area contributed by atoms with Gasteiger partial charge in [0.05, 0.1) is 32.4 Å². The Morgan fingerprint density at radius 2 is 2.04 bits per heavy atom. The predicted octanol–water partition coefficient (Wildman–Crippen LogP) is 6.37. The quantitative estimate of drug-likeness (QED) is 0.487. The summed E-state index contributed by atoms with van der Waals surface area (Å²) in [5, 5.41) is 5.68. The Hall–Kier alpha value is -1.73. The zero-order valence-electron chi connectivity index (χ0n) is 13.4. The van der Waals surface area contributed by atoms with Crippen LogP contribution in [0.3, 0.4) is 0 Å². The normalized spacial score (nSPS) is 10.5. The van der Waals surface area contributed by atoms with Crippen molar-refractivity contribution in [2.45, 2.75) is 26.7 Å². The van der Waals surface area contributed by atoms with Crippen molar-refractivity contribution in [3.63, 3.8) is 0 Å². The maximum atomic E-state index is 6.36. The SMILES string of the molecule is CCCC#Cc1ccc(-c2c(C)cnn2-c2ccc(Cl)cc2Cl)s1. The zero-order chi connectivity index (χ0) is 17.1. The molecule has 0 aliphatic rings. The minimum Gasteiger partial charge on any atom is -0.230 e. The predicted molar refractivity (Wildman–Crippen MR) is 103 cm³/mol. The van der Waals surface area contributed by atoms with Crippen molar-refractivity contribution in [2.75, 3.05) is 0 Å². The highest BCUT2D eigenvalue weighted by Gasteiger charge is 2.15. The Morgan fingerprint density at radius 3 is 2.79 bits per heavy atom. The number of hydrogen-bond donors (Lipinski definition) is 0. The van der Waals surface area contributed by atoms with Crippen LogP contribution in [0.25, 0.3) is 16.3 Å². The van der Waals surface area contributed by atoms with E-state index in [-0.39, 0.29) is 0 Å². The van der Waals surface area contributed by atoms with Gasteiger partial charge in [-0.2, -0.15) is 5.10 Å². The van der Waals surface area contributed by atoms with E-state index in [1.807, 2.05) is 29.9 Å². The molecule has 0 amide bonds. The Labute approximate surface area is 156 Å². The van der Waals surface area contributed by atoms with Crippen molar-refractivity contribution < 1.29 is 0 Å². The molecule has 2 heterocycles. The Morgan fingerprint density at radius 1 is 1.21 bits per heavy atom. The molecule has 24 heavy (non-hydrogen) atoms. The molecule has 0 radical (unpaired) electrons. The molecule has 0 N–H and O–H groups in total. The first-order chi connectivity index (χ1) is 11.6. The molecule has 0 fully saturated rings. The smallest absolute Gasteiger partial charge is 0.0870 e. The number of nitrogens with zero attached hydrogens (tertiary/aromatic N) is 2. The summed E-state index contributed by atoms with van der Waals surface area (Å²) in [4.78, 5) is 2.18. The van der Waals surface area contributed by atoms with Crippen LogP contribution in [0.5, 0.6) is 0 Å². The van der Waals surface area contributed by atoms with Crippen molar-refractivity contribution in [2.24, 2.45) is 0 Å². The Bertz CT molecular complexity index is 928. The van der Waals surface area contributed by atoms with Crippen LogP contribution in [0.2, 0.25) is 10.0 Å². The summed E-state index contributed by atoms with van der Waals surface area (Å²) in [5.74, 6) is 6.41. The summed E-state index contributed by atoms with van der Waals surface area (Å²) in [6.07, 6.45) is 3.85. The summed E-state index contributed by atoms with van der Waals surface area (Å²) in [6, 6.07) is 9.58. The van der Waals surface area contributed by atoms with Gasteiger partial charge in [-0.05, 0) is 49.2 Å². The van der Waals surface area contributed by atoms with E-state index < -0.39 is 0 Å². The first kappa shape index (κ1) is 17.1. The first-order valence-electron chi connectivity index (χ1n) is 7.69. The van der Waals surface area contributed by atoms with Gasteiger partial charge in [0.1, 0.15) is 0 Å². The second-order valence-corrected chi connectivity index (χ2v) is 7.33. The van der Waals surface area contributed by atoms with Gasteiger partial charge in [-0.25, -0.2) is 4.68 Å². The fourth-order valence-electron chi connectivity index (χ4n) is 2.37. The van der Waals surface area contributed by atoms with Crippen molar-refractivity contribution in [1.82, 2.24) is 9.78 Å². The standard InChI is InChI=1S/C19H16Cl2N2S/c1-3-4-5-6-15-8-10-18(24-15)19-13(2)12-22-23(19)17-9-7-14(20)11-16(17)21/h7-12H,3-4H2,1-2H3. The summed E-state index contributed by atoms with van der Waals surface area (Å²) < 4.78 is 1.86. The van der Waals surface area contributed by atoms with Crippen LogP contribution in [0.1, 0.15) is 30.2 Å². The van der Waals surface area contributed by atoms with Crippen LogP contribution in [0.15, 0.2) is 36.5 Å². The van der Waals surface area contributed by atoms with Crippen molar-refractivity contribution in [3.8, 4) is 28.1 Å². The first-order valence-corrected chi connectivity index (χ1v) is 9.26. The van der Waals surface area contributed by atoms with Gasteiger partial charge in [0.15, 0.2) is 0 Å². The van der Waals surface area contributed by atoms with Gasteiger partial charge in [0, 0.05) is 11.4 Å². The molecule has 0 saturated heterocycles. The van der Waals surface area contributed by atoms with Gasteiger partial charge in [-0.1, -0.05) is 42.0 Å². The van der Waals surface area contributed by atoms with Crippen molar-refractivity contribution >= 4 is 34.5 Å². The minimum absolute atomic E-state index is 0.575. The van der Waals surface area contributed by atoms with Crippen LogP contribution in [-0.2, 0) is 0 Å². The lowest BCUT2D eigenvalue weighted by molar-refractivity contribution is 0.890. The van der Waals surface area contributed by atoms with E-state index in [1.54, 1.807) is 17.4 Å². The van der Waals surface area contributed by atoms with Gasteiger partial charge < -0.3 is 0 Å². The van der Waals surface area contributed by atoms with Gasteiger partial charge in [-0.3, -0.25) is 0 Å². The van der Waals surface area contributed by atoms with Crippen LogP contribution in [0, 0.1) is 18.8 Å². The van der Waals surface area contributed by atoms with Crippen molar-refractivity contribution in [1.29, 1.82) is 0 Å². The second-order valence-electron chi connectivity index (χ2n) is 5.40. The fraction of sp³-hybridized carbons (Fsp3) is 0.211. The monoisotopic (exact) mass is 374 g/mol. The lowest BCUT2D eigenvalue weighted by Gasteiger charge is -2.09. The number of thiophene rings is 1. The van der Waals surface area contributed by atoms with Gasteiger partial charge >= 0.3 is 0 Å². The summed E-state index contributed by atoms with van der Waals surface area (Å²) >= 11 is 14.0. The molecule has 0 unspecified atom stereocenters. The second kappa shape index (κ2) is 7.44. The van der Waals surface area contributed by atoms with Crippen LogP contribution >= 0.6 is 34.5 Å². The molecule has 3 aromatic rings. The number of benzene rings is 1. The van der Waals surface area contributed by atoms with Crippen LogP contribution in [-0.4, -0.2) is 9.78 Å². The molecule has 122 valence electrons. The van der Waals surface area contributed by atoms with E-state index >= 15 is 0 Å². The Kier molecular flexibility index (Phi) is 5.30. The van der Waals surface area contributed by atoms with Crippen LogP contribution < -0.4 is 0 Å². The summed E-state index contributed by atoms with van der Waals surface area (Å²) in [6.45, 7) is 4.18. The van der Waals surface area contributed by atoms with E-state index in [2.05, 4.69) is 36.0 Å². The highest BCUT2D eigenvalue weighted by Crippen LogP contribution is 2.34. The number of aromatic nitrogens is 2. The third kappa shape index (κ3) is 3.52. The average molecular weight is 375 g/mol. The highest BCUT2D eigenvalue weighted by molar-refractivity contribution is 7.16. The third-order valence-electron chi connectivity index (χ3n) is 3.52. The zero-order valence-corrected chi connectivity index (χ0v) is 15.8. The molecule has 0 aliphatic heterocycles. The van der Waals surface area contributed by atoms with Gasteiger partial charge in [0.25, 0.3) is 0 Å². The average Bonchev–Trinajstić information content (AvgIpc) is 3.14.